The molecule has 0 spiro atoms. The molecule has 6 nitrogen and oxygen atoms in total. The van der Waals surface area contributed by atoms with Crippen LogP contribution >= 0.6 is 0 Å². The maximum atomic E-state index is 6.19. The number of hydrogen-bond donors (Lipinski definition) is 0. The third-order valence-electron chi connectivity index (χ3n) is 6.42. The second kappa shape index (κ2) is 9.42. The van der Waals surface area contributed by atoms with Gasteiger partial charge in [-0.3, -0.25) is 9.55 Å². The van der Waals surface area contributed by atoms with E-state index in [0.717, 1.165) is 38.8 Å². The van der Waals surface area contributed by atoms with Crippen molar-refractivity contribution in [3.05, 3.63) is 109 Å². The largest absolute Gasteiger partial charge is 2.00 e. The number of fused-ring (bicyclic) bond motifs is 4. The third kappa shape index (κ3) is 3.96. The zero-order valence-electron chi connectivity index (χ0n) is 19.7. The molecule has 1 aliphatic heterocycles. The van der Waals surface area contributed by atoms with Gasteiger partial charge < -0.3 is 14.2 Å². The molecule has 0 saturated carbocycles. The van der Waals surface area contributed by atoms with Crippen LogP contribution in [0.1, 0.15) is 0 Å². The molecule has 3 aromatic heterocycles. The summed E-state index contributed by atoms with van der Waals surface area (Å²) in [5.74, 6) is 2.59. The van der Waals surface area contributed by atoms with Crippen molar-refractivity contribution < 1.29 is 30.5 Å². The van der Waals surface area contributed by atoms with Gasteiger partial charge in [0.2, 0.25) is 0 Å². The Morgan fingerprint density at radius 1 is 0.784 bits per heavy atom. The summed E-state index contributed by atoms with van der Waals surface area (Å²) in [6, 6.07) is 34.5. The van der Waals surface area contributed by atoms with Gasteiger partial charge in [-0.25, -0.2) is 4.98 Å². The molecule has 0 fully saturated rings. The van der Waals surface area contributed by atoms with Crippen LogP contribution in [0.2, 0.25) is 0 Å². The van der Waals surface area contributed by atoms with Gasteiger partial charge >= 0.3 is 28.1 Å². The molecule has 3 aromatic carbocycles. The summed E-state index contributed by atoms with van der Waals surface area (Å²) in [5.41, 5.74) is 3.77. The number of anilines is 1. The number of hydrogen-bond acceptors (Lipinski definition) is 5. The maximum Gasteiger partial charge on any atom is 2.00 e. The predicted molar refractivity (Wildman–Crippen MR) is 141 cm³/mol. The second-order valence-electron chi connectivity index (χ2n) is 8.61. The number of benzene rings is 3. The number of aromatic nitrogens is 3. The summed E-state index contributed by atoms with van der Waals surface area (Å²) in [6.07, 6.45) is 3.51. The van der Waals surface area contributed by atoms with E-state index < -0.39 is 0 Å². The zero-order valence-corrected chi connectivity index (χ0v) is 22.0. The van der Waals surface area contributed by atoms with Gasteiger partial charge in [0, 0.05) is 28.5 Å². The molecule has 180 valence electrons. The van der Waals surface area contributed by atoms with Gasteiger partial charge in [0.05, 0.1) is 11.2 Å². The van der Waals surface area contributed by atoms with E-state index in [9.17, 15) is 0 Å². The first kappa shape index (κ1) is 23.3. The molecule has 0 amide bonds. The SMILES string of the molecule is CN1B(c2[c-]c(Oc3[c-]c(-n4c5ccccc5c5cccnc54)ncc3)ccc2)Oc2ccccc21.[Pt+2]. The minimum Gasteiger partial charge on any atom is -0.537 e. The van der Waals surface area contributed by atoms with Crippen LogP contribution in [-0.2, 0) is 21.1 Å². The van der Waals surface area contributed by atoms with Crippen LogP contribution in [0.5, 0.6) is 17.2 Å². The van der Waals surface area contributed by atoms with E-state index in [1.807, 2.05) is 72.3 Å². The van der Waals surface area contributed by atoms with Crippen LogP contribution in [0.15, 0.2) is 97.3 Å². The van der Waals surface area contributed by atoms with Crippen LogP contribution in [0.25, 0.3) is 27.8 Å². The first-order chi connectivity index (χ1) is 17.8. The number of pyridine rings is 2. The van der Waals surface area contributed by atoms with E-state index in [1.165, 1.54) is 0 Å². The summed E-state index contributed by atoms with van der Waals surface area (Å²) in [4.78, 5) is 11.3. The summed E-state index contributed by atoms with van der Waals surface area (Å²) < 4.78 is 14.4. The molecule has 6 aromatic rings. The minimum absolute atomic E-state index is 0. The van der Waals surface area contributed by atoms with Crippen molar-refractivity contribution in [3.63, 3.8) is 0 Å². The molecule has 4 heterocycles. The van der Waals surface area contributed by atoms with E-state index in [4.69, 9.17) is 9.39 Å². The molecule has 0 saturated heterocycles. The van der Waals surface area contributed by atoms with Gasteiger partial charge in [0.1, 0.15) is 11.4 Å². The van der Waals surface area contributed by atoms with E-state index in [0.29, 0.717) is 17.3 Å². The molecule has 7 rings (SSSR count). The van der Waals surface area contributed by atoms with Crippen molar-refractivity contribution in [2.45, 2.75) is 0 Å². The Morgan fingerprint density at radius 2 is 1.59 bits per heavy atom. The van der Waals surface area contributed by atoms with E-state index in [2.05, 4.69) is 45.1 Å². The van der Waals surface area contributed by atoms with Crippen LogP contribution in [0.3, 0.4) is 0 Å². The van der Waals surface area contributed by atoms with E-state index >= 15 is 0 Å². The van der Waals surface area contributed by atoms with Crippen LogP contribution in [-0.4, -0.2) is 28.6 Å². The van der Waals surface area contributed by atoms with Crippen LogP contribution in [0.4, 0.5) is 5.69 Å². The molecule has 0 unspecified atom stereocenters. The Morgan fingerprint density at radius 3 is 2.51 bits per heavy atom. The Balaban J connectivity index is 0.00000252. The zero-order chi connectivity index (χ0) is 24.1. The standard InChI is InChI=1S/C29H19BN4O2.Pt/c1-33-26-13-4-5-14-27(26)36-30(33)20-8-6-9-21(18-20)35-22-15-17-31-28(19-22)34-25-12-3-2-10-23(25)24-11-7-16-32-29(24)34;/h2-17H,1H3;/q-2;+2. The predicted octanol–water partition coefficient (Wildman–Crippen LogP) is 5.19. The topological polar surface area (TPSA) is 52.4 Å². The van der Waals surface area contributed by atoms with Crippen molar-refractivity contribution in [2.24, 2.45) is 0 Å². The number of nitrogens with zero attached hydrogens (tertiary/aromatic N) is 4. The fourth-order valence-corrected chi connectivity index (χ4v) is 4.78. The maximum absolute atomic E-state index is 6.19. The molecule has 0 aliphatic carbocycles. The Kier molecular flexibility index (Phi) is 5.93. The van der Waals surface area contributed by atoms with Crippen molar-refractivity contribution >= 4 is 40.1 Å². The first-order valence-electron chi connectivity index (χ1n) is 11.7. The molecule has 1 aliphatic rings. The normalized spacial score (nSPS) is 12.4. The monoisotopic (exact) mass is 661 g/mol. The van der Waals surface area contributed by atoms with Gasteiger partial charge in [-0.2, -0.15) is 24.3 Å². The van der Waals surface area contributed by atoms with Crippen molar-refractivity contribution in [2.75, 3.05) is 11.9 Å². The average Bonchev–Trinajstić information content (AvgIpc) is 3.44. The van der Waals surface area contributed by atoms with E-state index in [-0.39, 0.29) is 28.1 Å². The summed E-state index contributed by atoms with van der Waals surface area (Å²) in [7, 11) is 1.74. The van der Waals surface area contributed by atoms with Gasteiger partial charge in [0.25, 0.3) is 0 Å². The Hall–Kier alpha value is -4.09. The Labute approximate surface area is 228 Å². The molecule has 37 heavy (non-hydrogen) atoms. The van der Waals surface area contributed by atoms with Gasteiger partial charge in [-0.15, -0.1) is 17.6 Å². The van der Waals surface area contributed by atoms with Crippen molar-refractivity contribution in [1.29, 1.82) is 0 Å². The molecule has 0 atom stereocenters. The third-order valence-corrected chi connectivity index (χ3v) is 6.42. The van der Waals surface area contributed by atoms with Gasteiger partial charge in [-0.1, -0.05) is 36.5 Å². The molecule has 0 radical (unpaired) electrons. The molecule has 0 N–H and O–H groups in total. The average molecular weight is 661 g/mol. The fraction of sp³-hybridized carbons (Fsp3) is 0.0345. The van der Waals surface area contributed by atoms with Gasteiger partial charge in [-0.05, 0) is 43.1 Å². The summed E-state index contributed by atoms with van der Waals surface area (Å²) in [5, 5.41) is 2.18. The summed E-state index contributed by atoms with van der Waals surface area (Å²) >= 11 is 0. The minimum atomic E-state index is -0.272. The molecule has 0 bridgehead atoms. The van der Waals surface area contributed by atoms with Crippen molar-refractivity contribution in [1.82, 2.24) is 14.5 Å². The molecular weight excluding hydrogens is 642 g/mol. The smallest absolute Gasteiger partial charge is 0.537 e. The summed E-state index contributed by atoms with van der Waals surface area (Å²) in [6.45, 7) is 0. The number of ether oxygens (including phenoxy) is 1. The van der Waals surface area contributed by atoms with Crippen molar-refractivity contribution in [3.8, 4) is 23.1 Å². The quantitative estimate of drug-likeness (QED) is 0.193. The van der Waals surface area contributed by atoms with E-state index in [1.54, 1.807) is 18.5 Å². The molecule has 8 heteroatoms. The second-order valence-corrected chi connectivity index (χ2v) is 8.61. The van der Waals surface area contributed by atoms with Crippen LogP contribution < -0.4 is 19.7 Å². The van der Waals surface area contributed by atoms with Gasteiger partial charge in [0.15, 0.2) is 0 Å². The fourth-order valence-electron chi connectivity index (χ4n) is 4.78. The number of rotatable bonds is 4. The van der Waals surface area contributed by atoms with Crippen LogP contribution in [0, 0.1) is 12.1 Å². The number of para-hydroxylation sites is 3. The first-order valence-corrected chi connectivity index (χ1v) is 11.7. The Bertz CT molecular complexity index is 1700. The molecular formula is C29H19BN4O2Pt.